The van der Waals surface area contributed by atoms with Crippen LogP contribution in [0.1, 0.15) is 21.7 Å². The zero-order chi connectivity index (χ0) is 14.0. The van der Waals surface area contributed by atoms with Crippen LogP contribution in [-0.2, 0) is 0 Å². The van der Waals surface area contributed by atoms with Crippen LogP contribution in [0.4, 0.5) is 8.78 Å². The summed E-state index contributed by atoms with van der Waals surface area (Å²) in [6.45, 7) is 2.81. The van der Waals surface area contributed by atoms with Crippen LogP contribution in [0.25, 0.3) is 0 Å². The average molecular weight is 309 g/mol. The lowest BCUT2D eigenvalue weighted by atomic mass is 10.3. The van der Waals surface area contributed by atoms with Gasteiger partial charge in [0.2, 0.25) is 0 Å². The molecule has 1 aromatic rings. The molecule has 7 heteroatoms. The van der Waals surface area contributed by atoms with E-state index >= 15 is 0 Å². The third-order valence-corrected chi connectivity index (χ3v) is 4.29. The van der Waals surface area contributed by atoms with Gasteiger partial charge in [-0.2, -0.15) is 0 Å². The number of hydrogen-bond donors (Lipinski definition) is 1. The summed E-state index contributed by atoms with van der Waals surface area (Å²) >= 11 is 7.28. The number of aryl methyl sites for hydroxylation is 1. The van der Waals surface area contributed by atoms with Gasteiger partial charge in [0, 0.05) is 30.9 Å². The van der Waals surface area contributed by atoms with Gasteiger partial charge in [-0.05, 0) is 13.0 Å². The van der Waals surface area contributed by atoms with Crippen molar-refractivity contribution in [3.05, 3.63) is 20.8 Å². The maximum Gasteiger partial charge on any atom is 0.261 e. The van der Waals surface area contributed by atoms with E-state index in [2.05, 4.69) is 5.32 Å². The number of halogens is 3. The van der Waals surface area contributed by atoms with E-state index in [0.29, 0.717) is 29.5 Å². The molecule has 0 aliphatic carbocycles. The van der Waals surface area contributed by atoms with Crippen LogP contribution < -0.4 is 5.32 Å². The number of alkyl halides is 2. The minimum atomic E-state index is -2.59. The molecule has 0 saturated carbocycles. The quantitative estimate of drug-likeness (QED) is 0.927. The molecule has 106 valence electrons. The number of amides is 1. The Morgan fingerprint density at radius 2 is 2.37 bits per heavy atom. The van der Waals surface area contributed by atoms with E-state index in [1.807, 2.05) is 6.92 Å². The summed E-state index contributed by atoms with van der Waals surface area (Å²) in [4.78, 5) is 14.4. The molecule has 1 aliphatic heterocycles. The summed E-state index contributed by atoms with van der Waals surface area (Å²) in [5.74, 6) is -2.84. The van der Waals surface area contributed by atoms with E-state index in [-0.39, 0.29) is 18.9 Å². The van der Waals surface area contributed by atoms with E-state index in [0.717, 1.165) is 4.88 Å². The van der Waals surface area contributed by atoms with Crippen molar-refractivity contribution < 1.29 is 13.6 Å². The molecule has 0 unspecified atom stereocenters. The molecule has 0 atom stereocenters. The molecule has 0 bridgehead atoms. The Labute approximate surface area is 119 Å². The molecule has 1 aliphatic rings. The van der Waals surface area contributed by atoms with E-state index in [4.69, 9.17) is 11.6 Å². The highest BCUT2D eigenvalue weighted by Gasteiger charge is 2.37. The van der Waals surface area contributed by atoms with Crippen LogP contribution in [0.5, 0.6) is 0 Å². The smallest absolute Gasteiger partial charge is 0.261 e. The standard InChI is InChI=1S/C12H15ClF2N2OS/c1-8-6-9(10(13)19-8)11(18)16-3-5-17-4-2-12(14,15)7-17/h6H,2-5,7H2,1H3,(H,16,18). The lowest BCUT2D eigenvalue weighted by molar-refractivity contribution is 0.0124. The largest absolute Gasteiger partial charge is 0.351 e. The molecule has 19 heavy (non-hydrogen) atoms. The molecule has 2 heterocycles. The number of carbonyl (C=O) groups excluding carboxylic acids is 1. The summed E-state index contributed by atoms with van der Waals surface area (Å²) in [6.07, 6.45) is -0.101. The normalized spacial score (nSPS) is 18.7. The van der Waals surface area contributed by atoms with Crippen LogP contribution >= 0.6 is 22.9 Å². The summed E-state index contributed by atoms with van der Waals surface area (Å²) in [7, 11) is 0. The Balaban J connectivity index is 1.77. The van der Waals surface area contributed by atoms with Crippen molar-refractivity contribution in [3.63, 3.8) is 0 Å². The minimum Gasteiger partial charge on any atom is -0.351 e. The van der Waals surface area contributed by atoms with Gasteiger partial charge in [0.25, 0.3) is 11.8 Å². The molecule has 0 radical (unpaired) electrons. The van der Waals surface area contributed by atoms with Gasteiger partial charge in [-0.1, -0.05) is 11.6 Å². The number of rotatable bonds is 4. The Morgan fingerprint density at radius 3 is 2.89 bits per heavy atom. The van der Waals surface area contributed by atoms with Crippen molar-refractivity contribution in [2.45, 2.75) is 19.3 Å². The summed E-state index contributed by atoms with van der Waals surface area (Å²) in [5.41, 5.74) is 0.455. The van der Waals surface area contributed by atoms with Gasteiger partial charge >= 0.3 is 0 Å². The van der Waals surface area contributed by atoms with E-state index < -0.39 is 5.92 Å². The van der Waals surface area contributed by atoms with Crippen molar-refractivity contribution in [2.24, 2.45) is 0 Å². The Morgan fingerprint density at radius 1 is 1.63 bits per heavy atom. The van der Waals surface area contributed by atoms with Crippen molar-refractivity contribution in [1.29, 1.82) is 0 Å². The number of hydrogen-bond acceptors (Lipinski definition) is 3. The van der Waals surface area contributed by atoms with Crippen LogP contribution in [0.15, 0.2) is 6.07 Å². The number of thiophene rings is 1. The molecular weight excluding hydrogens is 294 g/mol. The predicted octanol–water partition coefficient (Wildman–Crippen LogP) is 2.78. The van der Waals surface area contributed by atoms with E-state index in [9.17, 15) is 13.6 Å². The van der Waals surface area contributed by atoms with Crippen molar-refractivity contribution in [3.8, 4) is 0 Å². The zero-order valence-electron chi connectivity index (χ0n) is 10.5. The van der Waals surface area contributed by atoms with Crippen LogP contribution in [0.3, 0.4) is 0 Å². The fraction of sp³-hybridized carbons (Fsp3) is 0.583. The first kappa shape index (κ1) is 14.7. The van der Waals surface area contributed by atoms with Crippen LogP contribution in [0, 0.1) is 6.92 Å². The fourth-order valence-corrected chi connectivity index (χ4v) is 3.29. The second-order valence-corrected chi connectivity index (χ2v) is 6.54. The first-order valence-corrected chi connectivity index (χ1v) is 7.21. The SMILES string of the molecule is Cc1cc(C(=O)NCCN2CCC(F)(F)C2)c(Cl)s1. The second kappa shape index (κ2) is 5.73. The van der Waals surface area contributed by atoms with E-state index in [1.165, 1.54) is 11.3 Å². The molecule has 3 nitrogen and oxygen atoms in total. The Kier molecular flexibility index (Phi) is 4.43. The number of carbonyl (C=O) groups is 1. The Bertz CT molecular complexity index is 478. The molecule has 1 fully saturated rings. The van der Waals surface area contributed by atoms with E-state index in [1.54, 1.807) is 11.0 Å². The lowest BCUT2D eigenvalue weighted by Crippen LogP contribution is -2.35. The number of nitrogens with one attached hydrogen (secondary N) is 1. The molecule has 2 rings (SSSR count). The molecule has 0 aromatic carbocycles. The highest BCUT2D eigenvalue weighted by Crippen LogP contribution is 2.27. The van der Waals surface area contributed by atoms with Gasteiger partial charge in [-0.3, -0.25) is 9.69 Å². The third kappa shape index (κ3) is 3.87. The van der Waals surface area contributed by atoms with Crippen molar-refractivity contribution >= 4 is 28.8 Å². The third-order valence-electron chi connectivity index (χ3n) is 3.02. The summed E-state index contributed by atoms with van der Waals surface area (Å²) < 4.78 is 26.4. The highest BCUT2D eigenvalue weighted by molar-refractivity contribution is 7.16. The van der Waals surface area contributed by atoms with Gasteiger partial charge in [-0.25, -0.2) is 8.78 Å². The molecular formula is C12H15ClF2N2OS. The van der Waals surface area contributed by atoms with Gasteiger partial charge < -0.3 is 5.32 Å². The molecule has 1 aromatic heterocycles. The van der Waals surface area contributed by atoms with Gasteiger partial charge in [0.05, 0.1) is 12.1 Å². The monoisotopic (exact) mass is 308 g/mol. The highest BCUT2D eigenvalue weighted by atomic mass is 35.5. The van der Waals surface area contributed by atoms with Crippen LogP contribution in [0.2, 0.25) is 4.34 Å². The predicted molar refractivity (Wildman–Crippen MR) is 72.4 cm³/mol. The van der Waals surface area contributed by atoms with Crippen molar-refractivity contribution in [1.82, 2.24) is 10.2 Å². The second-order valence-electron chi connectivity index (χ2n) is 4.68. The summed E-state index contributed by atoms with van der Waals surface area (Å²) in [5, 5.41) is 2.70. The van der Waals surface area contributed by atoms with Crippen LogP contribution in [-0.4, -0.2) is 42.9 Å². The van der Waals surface area contributed by atoms with Gasteiger partial charge in [0.15, 0.2) is 0 Å². The Hall–Kier alpha value is -0.720. The first-order valence-electron chi connectivity index (χ1n) is 6.02. The summed E-state index contributed by atoms with van der Waals surface area (Å²) in [6, 6.07) is 1.73. The van der Waals surface area contributed by atoms with Gasteiger partial charge in [-0.15, -0.1) is 11.3 Å². The fourth-order valence-electron chi connectivity index (χ4n) is 2.06. The average Bonchev–Trinajstić information content (AvgIpc) is 2.81. The molecule has 1 saturated heterocycles. The number of nitrogens with zero attached hydrogens (tertiary/aromatic N) is 1. The lowest BCUT2D eigenvalue weighted by Gasteiger charge is -2.15. The minimum absolute atomic E-state index is 0.101. The molecule has 1 amide bonds. The maximum atomic E-state index is 13.0. The molecule has 0 spiro atoms. The van der Waals surface area contributed by atoms with Crippen molar-refractivity contribution in [2.75, 3.05) is 26.2 Å². The zero-order valence-corrected chi connectivity index (χ0v) is 12.1. The topological polar surface area (TPSA) is 32.3 Å². The number of likely N-dealkylation sites (tertiary alicyclic amines) is 1. The first-order chi connectivity index (χ1) is 8.87. The maximum absolute atomic E-state index is 13.0. The van der Waals surface area contributed by atoms with Gasteiger partial charge in [0.1, 0.15) is 4.34 Å². The molecule has 1 N–H and O–H groups in total.